The predicted octanol–water partition coefficient (Wildman–Crippen LogP) is 1.47. The first-order chi connectivity index (χ1) is 7.72. The van der Waals surface area contributed by atoms with E-state index in [-0.39, 0.29) is 11.7 Å². The quantitative estimate of drug-likeness (QED) is 0.783. The van der Waals surface area contributed by atoms with Crippen LogP contribution in [0, 0.1) is 5.92 Å². The van der Waals surface area contributed by atoms with E-state index in [1.165, 1.54) is 0 Å². The number of carbonyl (C=O) groups excluding carboxylic acids is 1. The molecule has 1 saturated heterocycles. The average Bonchev–Trinajstić information content (AvgIpc) is 2.87. The first-order valence-electron chi connectivity index (χ1n) is 6.02. The number of Topliss-reactive ketones (excluding diaryl/α,β-unsaturated/α-hetero) is 1. The lowest BCUT2D eigenvalue weighted by Gasteiger charge is -2.11. The van der Waals surface area contributed by atoms with Crippen LogP contribution < -0.4 is 5.32 Å². The van der Waals surface area contributed by atoms with Gasteiger partial charge in [0, 0.05) is 24.7 Å². The third kappa shape index (κ3) is 2.16. The Bertz CT molecular complexity index is 372. The van der Waals surface area contributed by atoms with Crippen molar-refractivity contribution >= 4 is 5.78 Å². The molecule has 0 saturated carbocycles. The van der Waals surface area contributed by atoms with Crippen molar-refractivity contribution in [3.8, 4) is 0 Å². The first-order valence-corrected chi connectivity index (χ1v) is 6.02. The number of hydrogen-bond donors (Lipinski definition) is 1. The minimum Gasteiger partial charge on any atom is -0.313 e. The molecule has 0 spiro atoms. The van der Waals surface area contributed by atoms with Gasteiger partial charge in [-0.1, -0.05) is 6.92 Å². The zero-order chi connectivity index (χ0) is 11.5. The Labute approximate surface area is 96.0 Å². The topological polar surface area (TPSA) is 46.9 Å². The molecule has 1 fully saturated rings. The Morgan fingerprint density at radius 3 is 3.12 bits per heavy atom. The summed E-state index contributed by atoms with van der Waals surface area (Å²) in [5, 5.41) is 7.50. The molecule has 0 bridgehead atoms. The molecule has 4 nitrogen and oxygen atoms in total. The molecule has 4 heteroatoms. The molecule has 2 unspecified atom stereocenters. The predicted molar refractivity (Wildman–Crippen MR) is 62.4 cm³/mol. The highest BCUT2D eigenvalue weighted by Gasteiger charge is 2.30. The van der Waals surface area contributed by atoms with Crippen molar-refractivity contribution in [2.45, 2.75) is 39.3 Å². The van der Waals surface area contributed by atoms with Gasteiger partial charge >= 0.3 is 0 Å². The lowest BCUT2D eigenvalue weighted by Crippen LogP contribution is -2.28. The van der Waals surface area contributed by atoms with Crippen LogP contribution in [0.1, 0.15) is 37.0 Å². The van der Waals surface area contributed by atoms with E-state index in [2.05, 4.69) is 24.3 Å². The van der Waals surface area contributed by atoms with E-state index in [9.17, 15) is 4.79 Å². The largest absolute Gasteiger partial charge is 0.313 e. The smallest absolute Gasteiger partial charge is 0.170 e. The highest BCUT2D eigenvalue weighted by atomic mass is 16.1. The van der Waals surface area contributed by atoms with Gasteiger partial charge < -0.3 is 5.32 Å². The SMILES string of the molecule is CCCn1cc(C(=O)C2CCNC2C)cn1. The monoisotopic (exact) mass is 221 g/mol. The summed E-state index contributed by atoms with van der Waals surface area (Å²) in [7, 11) is 0. The van der Waals surface area contributed by atoms with Crippen LogP contribution in [0.15, 0.2) is 12.4 Å². The molecule has 16 heavy (non-hydrogen) atoms. The second-order valence-corrected chi connectivity index (χ2v) is 4.49. The van der Waals surface area contributed by atoms with E-state index in [1.807, 2.05) is 10.9 Å². The molecule has 0 aromatic carbocycles. The molecule has 0 amide bonds. The number of nitrogens with zero attached hydrogens (tertiary/aromatic N) is 2. The van der Waals surface area contributed by atoms with Crippen molar-refractivity contribution in [2.75, 3.05) is 6.54 Å². The molecule has 2 heterocycles. The molecule has 0 radical (unpaired) electrons. The minimum absolute atomic E-state index is 0.124. The van der Waals surface area contributed by atoms with Gasteiger partial charge in [0.2, 0.25) is 0 Å². The number of aryl methyl sites for hydroxylation is 1. The second-order valence-electron chi connectivity index (χ2n) is 4.49. The molecule has 1 aromatic rings. The summed E-state index contributed by atoms with van der Waals surface area (Å²) in [6, 6.07) is 0.294. The third-order valence-electron chi connectivity index (χ3n) is 3.23. The molecule has 1 aliphatic rings. The summed E-state index contributed by atoms with van der Waals surface area (Å²) < 4.78 is 1.85. The van der Waals surface area contributed by atoms with E-state index in [0.717, 1.165) is 31.5 Å². The van der Waals surface area contributed by atoms with E-state index in [1.54, 1.807) is 6.20 Å². The second kappa shape index (κ2) is 4.78. The van der Waals surface area contributed by atoms with Crippen LogP contribution in [0.4, 0.5) is 0 Å². The van der Waals surface area contributed by atoms with Crippen LogP contribution in [0.5, 0.6) is 0 Å². The van der Waals surface area contributed by atoms with Gasteiger partial charge in [0.1, 0.15) is 0 Å². The number of carbonyl (C=O) groups is 1. The van der Waals surface area contributed by atoms with Gasteiger partial charge in [0.15, 0.2) is 5.78 Å². The number of aromatic nitrogens is 2. The number of nitrogens with one attached hydrogen (secondary N) is 1. The van der Waals surface area contributed by atoms with Gasteiger partial charge in [-0.2, -0.15) is 5.10 Å². The van der Waals surface area contributed by atoms with Gasteiger partial charge in [-0.05, 0) is 26.3 Å². The maximum atomic E-state index is 12.2. The fourth-order valence-electron chi connectivity index (χ4n) is 2.27. The molecule has 0 aliphatic carbocycles. The van der Waals surface area contributed by atoms with Crippen LogP contribution in [0.3, 0.4) is 0 Å². The van der Waals surface area contributed by atoms with E-state index in [0.29, 0.717) is 6.04 Å². The summed E-state index contributed by atoms with van der Waals surface area (Å²) in [6.45, 7) is 6.00. The molecule has 1 aliphatic heterocycles. The number of hydrogen-bond acceptors (Lipinski definition) is 3. The van der Waals surface area contributed by atoms with E-state index < -0.39 is 0 Å². The summed E-state index contributed by atoms with van der Waals surface area (Å²) in [5.41, 5.74) is 0.758. The van der Waals surface area contributed by atoms with Crippen LogP contribution in [-0.4, -0.2) is 28.2 Å². The number of ketones is 1. The Morgan fingerprint density at radius 1 is 1.69 bits per heavy atom. The maximum Gasteiger partial charge on any atom is 0.170 e. The van der Waals surface area contributed by atoms with Crippen molar-refractivity contribution in [1.29, 1.82) is 0 Å². The van der Waals surface area contributed by atoms with Crippen LogP contribution in [0.2, 0.25) is 0 Å². The standard InChI is InChI=1S/C12H19N3O/c1-3-6-15-8-10(7-14-15)12(16)11-4-5-13-9(11)2/h7-9,11,13H,3-6H2,1-2H3. The molecule has 1 aromatic heterocycles. The van der Waals surface area contributed by atoms with Gasteiger partial charge in [-0.15, -0.1) is 0 Å². The van der Waals surface area contributed by atoms with Crippen molar-refractivity contribution in [1.82, 2.24) is 15.1 Å². The zero-order valence-electron chi connectivity index (χ0n) is 9.94. The van der Waals surface area contributed by atoms with Crippen molar-refractivity contribution in [3.05, 3.63) is 18.0 Å². The number of rotatable bonds is 4. The Balaban J connectivity index is 2.08. The average molecular weight is 221 g/mol. The highest BCUT2D eigenvalue weighted by molar-refractivity contribution is 5.98. The summed E-state index contributed by atoms with van der Waals surface area (Å²) in [4.78, 5) is 12.2. The maximum absolute atomic E-state index is 12.2. The van der Waals surface area contributed by atoms with Gasteiger partial charge in [0.25, 0.3) is 0 Å². The Kier molecular flexibility index (Phi) is 3.39. The minimum atomic E-state index is 0.124. The normalized spacial score (nSPS) is 24.9. The molecule has 2 atom stereocenters. The van der Waals surface area contributed by atoms with Crippen LogP contribution in [-0.2, 0) is 6.54 Å². The molecule has 1 N–H and O–H groups in total. The fourth-order valence-corrected chi connectivity index (χ4v) is 2.27. The van der Waals surface area contributed by atoms with Crippen molar-refractivity contribution < 1.29 is 4.79 Å². The lowest BCUT2D eigenvalue weighted by molar-refractivity contribution is 0.0914. The Hall–Kier alpha value is -1.16. The molecular formula is C12H19N3O. The highest BCUT2D eigenvalue weighted by Crippen LogP contribution is 2.20. The lowest BCUT2D eigenvalue weighted by atomic mass is 9.94. The van der Waals surface area contributed by atoms with Crippen LogP contribution in [0.25, 0.3) is 0 Å². The van der Waals surface area contributed by atoms with Gasteiger partial charge in [-0.25, -0.2) is 0 Å². The first kappa shape index (κ1) is 11.3. The molecule has 2 rings (SSSR count). The summed E-state index contributed by atoms with van der Waals surface area (Å²) in [5.74, 6) is 0.360. The van der Waals surface area contributed by atoms with E-state index >= 15 is 0 Å². The van der Waals surface area contributed by atoms with Gasteiger partial charge in [-0.3, -0.25) is 9.48 Å². The molecule has 88 valence electrons. The zero-order valence-corrected chi connectivity index (χ0v) is 9.94. The van der Waals surface area contributed by atoms with Crippen LogP contribution >= 0.6 is 0 Å². The molecular weight excluding hydrogens is 202 g/mol. The van der Waals surface area contributed by atoms with Crippen molar-refractivity contribution in [2.24, 2.45) is 5.92 Å². The van der Waals surface area contributed by atoms with Gasteiger partial charge in [0.05, 0.1) is 11.8 Å². The Morgan fingerprint density at radius 2 is 2.50 bits per heavy atom. The fraction of sp³-hybridized carbons (Fsp3) is 0.667. The van der Waals surface area contributed by atoms with Crippen molar-refractivity contribution in [3.63, 3.8) is 0 Å². The summed E-state index contributed by atoms with van der Waals surface area (Å²) in [6.07, 6.45) is 5.55. The summed E-state index contributed by atoms with van der Waals surface area (Å²) >= 11 is 0. The third-order valence-corrected chi connectivity index (χ3v) is 3.23. The van der Waals surface area contributed by atoms with E-state index in [4.69, 9.17) is 0 Å².